The molecule has 0 saturated heterocycles. The van der Waals surface area contributed by atoms with Gasteiger partial charge in [-0.25, -0.2) is 4.79 Å². The van der Waals surface area contributed by atoms with Gasteiger partial charge in [0.2, 0.25) is 5.91 Å². The lowest BCUT2D eigenvalue weighted by Crippen LogP contribution is -2.51. The summed E-state index contributed by atoms with van der Waals surface area (Å²) >= 11 is 0. The maximum atomic E-state index is 13.8. The number of rotatable bonds is 10. The van der Waals surface area contributed by atoms with Crippen molar-refractivity contribution < 1.29 is 19.1 Å². The van der Waals surface area contributed by atoms with E-state index in [2.05, 4.69) is 17.6 Å². The van der Waals surface area contributed by atoms with Crippen LogP contribution >= 0.6 is 0 Å². The molecule has 196 valence electrons. The summed E-state index contributed by atoms with van der Waals surface area (Å²) < 4.78 is 5.33. The minimum Gasteiger partial charge on any atom is -0.444 e. The van der Waals surface area contributed by atoms with Crippen molar-refractivity contribution in [2.45, 2.75) is 85.4 Å². The van der Waals surface area contributed by atoms with E-state index in [4.69, 9.17) is 4.74 Å². The van der Waals surface area contributed by atoms with Crippen LogP contribution < -0.4 is 10.6 Å². The molecule has 36 heavy (non-hydrogen) atoms. The van der Waals surface area contributed by atoms with Crippen LogP contribution in [0.1, 0.15) is 76.6 Å². The van der Waals surface area contributed by atoms with E-state index < -0.39 is 23.8 Å². The maximum absolute atomic E-state index is 13.8. The highest BCUT2D eigenvalue weighted by molar-refractivity contribution is 5.99. The summed E-state index contributed by atoms with van der Waals surface area (Å²) in [6, 6.07) is 13.4. The highest BCUT2D eigenvalue weighted by Crippen LogP contribution is 2.27. The van der Waals surface area contributed by atoms with Gasteiger partial charge < -0.3 is 20.3 Å². The summed E-state index contributed by atoms with van der Waals surface area (Å²) in [6.45, 7) is 13.3. The first-order valence-electron chi connectivity index (χ1n) is 12.7. The van der Waals surface area contributed by atoms with E-state index in [9.17, 15) is 14.4 Å². The molecule has 0 bridgehead atoms. The normalized spacial score (nSPS) is 12.9. The van der Waals surface area contributed by atoms with Crippen LogP contribution in [-0.2, 0) is 14.3 Å². The van der Waals surface area contributed by atoms with Crippen LogP contribution in [0.2, 0.25) is 0 Å². The number of para-hydroxylation sites is 1. The Kier molecular flexibility index (Phi) is 10.5. The highest BCUT2D eigenvalue weighted by Gasteiger charge is 2.34. The van der Waals surface area contributed by atoms with E-state index in [-0.39, 0.29) is 11.8 Å². The minimum absolute atomic E-state index is 0.298. The molecule has 0 aliphatic carbocycles. The van der Waals surface area contributed by atoms with Crippen LogP contribution in [0.3, 0.4) is 0 Å². The first kappa shape index (κ1) is 28.9. The van der Waals surface area contributed by atoms with E-state index in [1.165, 1.54) is 0 Å². The highest BCUT2D eigenvalue weighted by atomic mass is 16.6. The van der Waals surface area contributed by atoms with Gasteiger partial charge in [0.15, 0.2) is 0 Å². The molecule has 0 spiro atoms. The van der Waals surface area contributed by atoms with Gasteiger partial charge in [-0.05, 0) is 64.7 Å². The zero-order valence-corrected chi connectivity index (χ0v) is 22.7. The van der Waals surface area contributed by atoms with Crippen molar-refractivity contribution in [3.63, 3.8) is 0 Å². The van der Waals surface area contributed by atoms with Gasteiger partial charge in [-0.1, -0.05) is 68.3 Å². The fraction of sp³-hybridized carbons (Fsp3) is 0.483. The zero-order chi connectivity index (χ0) is 26.9. The summed E-state index contributed by atoms with van der Waals surface area (Å²) in [5.41, 5.74) is 2.64. The second-order valence-electron chi connectivity index (χ2n) is 10.2. The predicted octanol–water partition coefficient (Wildman–Crippen LogP) is 5.92. The average Bonchev–Trinajstić information content (AvgIpc) is 2.79. The number of carbonyl (C=O) groups excluding carboxylic acids is 3. The second-order valence-corrected chi connectivity index (χ2v) is 10.2. The standard InChI is InChI=1S/C29H41N3O4/c1-8-9-13-19-32(27(34)22(4)30-28(35)36-29(5,6)7)25(23-17-11-10-12-18-23)26(33)31-24-20(2)15-14-16-21(24)3/h10-12,14-18,22,25H,8-9,13,19H2,1-7H3,(H,30,35)(H,31,33). The summed E-state index contributed by atoms with van der Waals surface area (Å²) in [7, 11) is 0. The Balaban J connectivity index is 2.42. The molecule has 2 atom stereocenters. The summed E-state index contributed by atoms with van der Waals surface area (Å²) in [5, 5.41) is 5.70. The van der Waals surface area contributed by atoms with Crippen molar-refractivity contribution in [1.29, 1.82) is 0 Å². The van der Waals surface area contributed by atoms with Gasteiger partial charge in [0.05, 0.1) is 0 Å². The molecule has 0 heterocycles. The van der Waals surface area contributed by atoms with Gasteiger partial charge in [0.25, 0.3) is 5.91 Å². The second kappa shape index (κ2) is 13.1. The van der Waals surface area contributed by atoms with Gasteiger partial charge >= 0.3 is 6.09 Å². The Morgan fingerprint density at radius 1 is 0.944 bits per heavy atom. The van der Waals surface area contributed by atoms with E-state index in [0.717, 1.165) is 36.1 Å². The van der Waals surface area contributed by atoms with Crippen LogP contribution in [0.4, 0.5) is 10.5 Å². The Morgan fingerprint density at radius 2 is 1.56 bits per heavy atom. The van der Waals surface area contributed by atoms with Crippen molar-refractivity contribution in [1.82, 2.24) is 10.2 Å². The number of carbonyl (C=O) groups is 3. The van der Waals surface area contributed by atoms with Crippen molar-refractivity contribution in [2.75, 3.05) is 11.9 Å². The largest absolute Gasteiger partial charge is 0.444 e. The lowest BCUT2D eigenvalue weighted by Gasteiger charge is -2.34. The number of amides is 3. The number of ether oxygens (including phenoxy) is 1. The smallest absolute Gasteiger partial charge is 0.408 e. The topological polar surface area (TPSA) is 87.7 Å². The summed E-state index contributed by atoms with van der Waals surface area (Å²) in [6.07, 6.45) is 1.95. The average molecular weight is 496 g/mol. The number of anilines is 1. The van der Waals surface area contributed by atoms with Crippen LogP contribution in [-0.4, -0.2) is 41.0 Å². The lowest BCUT2D eigenvalue weighted by molar-refractivity contribution is -0.140. The first-order chi connectivity index (χ1) is 16.9. The molecule has 0 saturated carbocycles. The Morgan fingerprint density at radius 3 is 2.11 bits per heavy atom. The molecule has 7 nitrogen and oxygen atoms in total. The lowest BCUT2D eigenvalue weighted by atomic mass is 10.0. The van der Waals surface area contributed by atoms with Gasteiger partial charge in [-0.3, -0.25) is 9.59 Å². The van der Waals surface area contributed by atoms with Crippen LogP contribution in [0.5, 0.6) is 0 Å². The van der Waals surface area contributed by atoms with Crippen molar-refractivity contribution >= 4 is 23.6 Å². The van der Waals surface area contributed by atoms with E-state index >= 15 is 0 Å². The Hall–Kier alpha value is -3.35. The summed E-state index contributed by atoms with van der Waals surface area (Å²) in [4.78, 5) is 41.5. The number of hydrogen-bond donors (Lipinski definition) is 2. The third kappa shape index (κ3) is 8.40. The molecule has 0 aliphatic rings. The quantitative estimate of drug-likeness (QED) is 0.401. The molecule has 2 aromatic rings. The number of aryl methyl sites for hydroxylation is 2. The van der Waals surface area contributed by atoms with Crippen LogP contribution in [0.15, 0.2) is 48.5 Å². The van der Waals surface area contributed by atoms with E-state index in [1.807, 2.05) is 62.4 Å². The molecule has 2 N–H and O–H groups in total. The molecule has 2 unspecified atom stereocenters. The maximum Gasteiger partial charge on any atom is 0.408 e. The molecule has 0 fully saturated rings. The fourth-order valence-corrected chi connectivity index (χ4v) is 4.00. The molecular formula is C29H41N3O4. The van der Waals surface area contributed by atoms with Crippen molar-refractivity contribution in [3.8, 4) is 0 Å². The molecule has 0 aliphatic heterocycles. The number of alkyl carbamates (subject to hydrolysis) is 1. The number of unbranched alkanes of at least 4 members (excludes halogenated alkanes) is 2. The molecular weight excluding hydrogens is 454 g/mol. The third-order valence-corrected chi connectivity index (χ3v) is 5.79. The van der Waals surface area contributed by atoms with Gasteiger partial charge in [-0.15, -0.1) is 0 Å². The molecule has 0 radical (unpaired) electrons. The van der Waals surface area contributed by atoms with Gasteiger partial charge in [-0.2, -0.15) is 0 Å². The van der Waals surface area contributed by atoms with E-state index in [0.29, 0.717) is 12.1 Å². The van der Waals surface area contributed by atoms with Crippen LogP contribution in [0.25, 0.3) is 0 Å². The monoisotopic (exact) mass is 495 g/mol. The number of benzene rings is 2. The Bertz CT molecular complexity index is 1010. The molecule has 2 rings (SSSR count). The molecule has 2 aromatic carbocycles. The fourth-order valence-electron chi connectivity index (χ4n) is 4.00. The zero-order valence-electron chi connectivity index (χ0n) is 22.7. The first-order valence-corrected chi connectivity index (χ1v) is 12.7. The van der Waals surface area contributed by atoms with Gasteiger partial charge in [0, 0.05) is 12.2 Å². The van der Waals surface area contributed by atoms with E-state index in [1.54, 1.807) is 32.6 Å². The molecule has 3 amide bonds. The van der Waals surface area contributed by atoms with Crippen molar-refractivity contribution in [3.05, 3.63) is 65.2 Å². The number of hydrogen-bond acceptors (Lipinski definition) is 4. The molecule has 7 heteroatoms. The number of nitrogens with one attached hydrogen (secondary N) is 2. The van der Waals surface area contributed by atoms with Gasteiger partial charge in [0.1, 0.15) is 17.7 Å². The third-order valence-electron chi connectivity index (χ3n) is 5.79. The predicted molar refractivity (Wildman–Crippen MR) is 144 cm³/mol. The Labute approximate surface area is 215 Å². The minimum atomic E-state index is -0.874. The van der Waals surface area contributed by atoms with Crippen molar-refractivity contribution in [2.24, 2.45) is 0 Å². The van der Waals surface area contributed by atoms with Crippen LogP contribution in [0, 0.1) is 13.8 Å². The summed E-state index contributed by atoms with van der Waals surface area (Å²) in [5.74, 6) is -0.643. The SMILES string of the molecule is CCCCCN(C(=O)C(C)NC(=O)OC(C)(C)C)C(C(=O)Nc1c(C)cccc1C)c1ccccc1. The molecule has 0 aromatic heterocycles. The number of nitrogens with zero attached hydrogens (tertiary/aromatic N) is 1.